The number of aromatic nitrogens is 1. The van der Waals surface area contributed by atoms with Crippen molar-refractivity contribution in [2.45, 2.75) is 13.0 Å². The van der Waals surface area contributed by atoms with Gasteiger partial charge in [0.1, 0.15) is 0 Å². The maximum absolute atomic E-state index is 8.92. The molecule has 5 heteroatoms. The Morgan fingerprint density at radius 1 is 1.28 bits per heavy atom. The average Bonchev–Trinajstić information content (AvgIpc) is 2.87. The topological polar surface area (TPSA) is 51.6 Å². The van der Waals surface area contributed by atoms with Crippen LogP contribution in [0.25, 0.3) is 0 Å². The lowest BCUT2D eigenvalue weighted by atomic mass is 10.3. The van der Waals surface area contributed by atoms with Gasteiger partial charge in [0.25, 0.3) is 0 Å². The van der Waals surface area contributed by atoms with Gasteiger partial charge in [-0.2, -0.15) is 0 Å². The number of methoxy groups -OCH3 is 1. The Kier molecular flexibility index (Phi) is 4.55. The first-order chi connectivity index (χ1) is 8.83. The fraction of sp³-hybridized carbons (Fsp3) is 0.308. The molecular formula is C13H15NO3S. The Labute approximate surface area is 110 Å². The molecule has 0 atom stereocenters. The third kappa shape index (κ3) is 3.21. The Morgan fingerprint density at radius 2 is 2.06 bits per heavy atom. The molecule has 0 radical (unpaired) electrons. The largest absolute Gasteiger partial charge is 0.493 e. The minimum atomic E-state index is -0.0101. The van der Waals surface area contributed by atoms with Gasteiger partial charge in [-0.15, -0.1) is 11.3 Å². The average molecular weight is 265 g/mol. The molecule has 0 bridgehead atoms. The molecule has 4 nitrogen and oxygen atoms in total. The number of rotatable bonds is 6. The van der Waals surface area contributed by atoms with Crippen LogP contribution in [0.15, 0.2) is 29.6 Å². The van der Waals surface area contributed by atoms with E-state index in [2.05, 4.69) is 4.98 Å². The van der Waals surface area contributed by atoms with E-state index in [4.69, 9.17) is 14.6 Å². The predicted molar refractivity (Wildman–Crippen MR) is 70.2 cm³/mol. The van der Waals surface area contributed by atoms with Crippen molar-refractivity contribution in [3.63, 3.8) is 0 Å². The summed E-state index contributed by atoms with van der Waals surface area (Å²) in [5, 5.41) is 11.7. The van der Waals surface area contributed by atoms with Gasteiger partial charge in [0.2, 0.25) is 0 Å². The fourth-order valence-corrected chi connectivity index (χ4v) is 2.29. The van der Waals surface area contributed by atoms with Crippen molar-refractivity contribution in [2.75, 3.05) is 13.7 Å². The lowest BCUT2D eigenvalue weighted by Crippen LogP contribution is -2.02. The van der Waals surface area contributed by atoms with Crippen LogP contribution in [0.4, 0.5) is 0 Å². The molecule has 0 fully saturated rings. The number of thiazole rings is 1. The van der Waals surface area contributed by atoms with Crippen LogP contribution in [0.2, 0.25) is 0 Å². The molecule has 1 aromatic heterocycles. The standard InChI is InChI=1S/C13H15NO3S/c1-16-11-4-2-3-5-12(11)17-7-6-13-14-10(8-15)9-18-13/h2-5,9,15H,6-8H2,1H3. The van der Waals surface area contributed by atoms with Crippen LogP contribution in [0, 0.1) is 0 Å². The highest BCUT2D eigenvalue weighted by Gasteiger charge is 2.04. The second-order valence-electron chi connectivity index (χ2n) is 3.64. The number of ether oxygens (including phenoxy) is 2. The SMILES string of the molecule is COc1ccccc1OCCc1nc(CO)cs1. The van der Waals surface area contributed by atoms with E-state index in [9.17, 15) is 0 Å². The van der Waals surface area contributed by atoms with Crippen LogP contribution >= 0.6 is 11.3 Å². The van der Waals surface area contributed by atoms with Gasteiger partial charge in [0.15, 0.2) is 11.5 Å². The summed E-state index contributed by atoms with van der Waals surface area (Å²) < 4.78 is 10.9. The molecule has 2 rings (SSSR count). The normalized spacial score (nSPS) is 10.3. The zero-order chi connectivity index (χ0) is 12.8. The zero-order valence-electron chi connectivity index (χ0n) is 10.1. The minimum Gasteiger partial charge on any atom is -0.493 e. The van der Waals surface area contributed by atoms with Gasteiger partial charge < -0.3 is 14.6 Å². The zero-order valence-corrected chi connectivity index (χ0v) is 10.9. The van der Waals surface area contributed by atoms with Crippen LogP contribution in [0.5, 0.6) is 11.5 Å². The van der Waals surface area contributed by atoms with E-state index in [0.29, 0.717) is 12.3 Å². The molecule has 18 heavy (non-hydrogen) atoms. The number of benzene rings is 1. The third-order valence-electron chi connectivity index (χ3n) is 2.40. The van der Waals surface area contributed by atoms with E-state index in [1.807, 2.05) is 29.6 Å². The molecule has 96 valence electrons. The number of hydrogen-bond donors (Lipinski definition) is 1. The number of nitrogens with zero attached hydrogens (tertiary/aromatic N) is 1. The number of para-hydroxylation sites is 2. The molecule has 0 aliphatic carbocycles. The number of hydrogen-bond acceptors (Lipinski definition) is 5. The highest BCUT2D eigenvalue weighted by atomic mass is 32.1. The first kappa shape index (κ1) is 12.9. The van der Waals surface area contributed by atoms with E-state index >= 15 is 0 Å². The van der Waals surface area contributed by atoms with Crippen LogP contribution < -0.4 is 9.47 Å². The molecule has 0 saturated heterocycles. The van der Waals surface area contributed by atoms with Crippen molar-refractivity contribution in [2.24, 2.45) is 0 Å². The molecule has 0 unspecified atom stereocenters. The molecular weight excluding hydrogens is 250 g/mol. The summed E-state index contributed by atoms with van der Waals surface area (Å²) in [6, 6.07) is 7.55. The maximum Gasteiger partial charge on any atom is 0.161 e. The molecule has 0 aliphatic heterocycles. The summed E-state index contributed by atoms with van der Waals surface area (Å²) in [5.41, 5.74) is 0.715. The number of aliphatic hydroxyl groups excluding tert-OH is 1. The quantitative estimate of drug-likeness (QED) is 0.870. The molecule has 0 saturated carbocycles. The Balaban J connectivity index is 1.88. The van der Waals surface area contributed by atoms with Gasteiger partial charge in [-0.3, -0.25) is 0 Å². The summed E-state index contributed by atoms with van der Waals surface area (Å²) in [4.78, 5) is 4.26. The summed E-state index contributed by atoms with van der Waals surface area (Å²) in [7, 11) is 1.62. The van der Waals surface area contributed by atoms with Crippen molar-refractivity contribution in [1.82, 2.24) is 4.98 Å². The van der Waals surface area contributed by atoms with E-state index < -0.39 is 0 Å². The predicted octanol–water partition coefficient (Wildman–Crippen LogP) is 2.27. The van der Waals surface area contributed by atoms with Gasteiger partial charge in [-0.1, -0.05) is 12.1 Å². The van der Waals surface area contributed by atoms with Crippen molar-refractivity contribution in [3.05, 3.63) is 40.3 Å². The van der Waals surface area contributed by atoms with E-state index in [1.54, 1.807) is 7.11 Å². The van der Waals surface area contributed by atoms with Gasteiger partial charge in [-0.25, -0.2) is 4.98 Å². The molecule has 2 aromatic rings. The van der Waals surface area contributed by atoms with Crippen molar-refractivity contribution >= 4 is 11.3 Å². The second kappa shape index (κ2) is 6.37. The molecule has 1 aromatic carbocycles. The molecule has 0 spiro atoms. The molecule has 1 N–H and O–H groups in total. The van der Waals surface area contributed by atoms with Gasteiger partial charge in [0.05, 0.1) is 31.0 Å². The molecule has 0 aliphatic rings. The Hall–Kier alpha value is -1.59. The monoisotopic (exact) mass is 265 g/mol. The van der Waals surface area contributed by atoms with E-state index in [-0.39, 0.29) is 6.61 Å². The highest BCUT2D eigenvalue weighted by Crippen LogP contribution is 2.25. The van der Waals surface area contributed by atoms with E-state index in [0.717, 1.165) is 22.9 Å². The summed E-state index contributed by atoms with van der Waals surface area (Å²) in [6.45, 7) is 0.530. The lowest BCUT2D eigenvalue weighted by Gasteiger charge is -2.09. The van der Waals surface area contributed by atoms with Crippen LogP contribution in [-0.2, 0) is 13.0 Å². The van der Waals surface area contributed by atoms with Crippen molar-refractivity contribution < 1.29 is 14.6 Å². The smallest absolute Gasteiger partial charge is 0.161 e. The summed E-state index contributed by atoms with van der Waals surface area (Å²) in [5.74, 6) is 1.46. The van der Waals surface area contributed by atoms with Gasteiger partial charge in [0, 0.05) is 11.8 Å². The van der Waals surface area contributed by atoms with E-state index in [1.165, 1.54) is 11.3 Å². The third-order valence-corrected chi connectivity index (χ3v) is 3.36. The first-order valence-corrected chi connectivity index (χ1v) is 6.51. The summed E-state index contributed by atoms with van der Waals surface area (Å²) in [6.07, 6.45) is 0.725. The van der Waals surface area contributed by atoms with Crippen LogP contribution in [0.1, 0.15) is 10.7 Å². The van der Waals surface area contributed by atoms with Crippen LogP contribution in [-0.4, -0.2) is 23.8 Å². The Morgan fingerprint density at radius 3 is 2.72 bits per heavy atom. The van der Waals surface area contributed by atoms with Crippen LogP contribution in [0.3, 0.4) is 0 Å². The second-order valence-corrected chi connectivity index (χ2v) is 4.58. The first-order valence-electron chi connectivity index (χ1n) is 5.63. The van der Waals surface area contributed by atoms with Crippen molar-refractivity contribution in [1.29, 1.82) is 0 Å². The summed E-state index contributed by atoms with van der Waals surface area (Å²) >= 11 is 1.54. The lowest BCUT2D eigenvalue weighted by molar-refractivity contribution is 0.276. The Bertz CT molecular complexity index is 498. The maximum atomic E-state index is 8.92. The molecule has 0 amide bonds. The van der Waals surface area contributed by atoms with Gasteiger partial charge >= 0.3 is 0 Å². The number of aliphatic hydroxyl groups is 1. The minimum absolute atomic E-state index is 0.0101. The van der Waals surface area contributed by atoms with Gasteiger partial charge in [-0.05, 0) is 12.1 Å². The van der Waals surface area contributed by atoms with Crippen molar-refractivity contribution in [3.8, 4) is 11.5 Å². The highest BCUT2D eigenvalue weighted by molar-refractivity contribution is 7.09. The molecule has 1 heterocycles. The fourth-order valence-electron chi connectivity index (χ4n) is 1.52.